The normalized spacial score (nSPS) is 9.12. The maximum absolute atomic E-state index is 10.7. The molecule has 0 aliphatic rings. The molecular formula is C14H27NO2. The van der Waals surface area contributed by atoms with E-state index in [2.05, 4.69) is 13.5 Å². The van der Waals surface area contributed by atoms with E-state index < -0.39 is 0 Å². The lowest BCUT2D eigenvalue weighted by molar-refractivity contribution is -0.119. The quantitative estimate of drug-likeness (QED) is 0.523. The van der Waals surface area contributed by atoms with Gasteiger partial charge in [-0.05, 0) is 12.8 Å². The average Bonchev–Trinajstić information content (AvgIpc) is 2.30. The topological polar surface area (TPSA) is 60.2 Å². The maximum Gasteiger partial charge on any atom is 0.244 e. The van der Waals surface area contributed by atoms with E-state index in [1.165, 1.54) is 12.8 Å². The number of nitrogens with two attached hydrogens (primary N) is 1. The van der Waals surface area contributed by atoms with Crippen molar-refractivity contribution in [1.29, 1.82) is 0 Å². The number of amides is 1. The third-order valence-electron chi connectivity index (χ3n) is 2.35. The average molecular weight is 241 g/mol. The van der Waals surface area contributed by atoms with E-state index in [-0.39, 0.29) is 5.91 Å². The first kappa shape index (κ1) is 18.3. The van der Waals surface area contributed by atoms with Crippen LogP contribution in [0.3, 0.4) is 0 Å². The van der Waals surface area contributed by atoms with Gasteiger partial charge in [0.25, 0.3) is 0 Å². The van der Waals surface area contributed by atoms with E-state index in [1.54, 1.807) is 0 Å². The van der Waals surface area contributed by atoms with Gasteiger partial charge in [0.05, 0.1) is 0 Å². The molecule has 3 nitrogen and oxygen atoms in total. The summed E-state index contributed by atoms with van der Waals surface area (Å²) in [6.45, 7) is 9.52. The smallest absolute Gasteiger partial charge is 0.244 e. The zero-order valence-electron chi connectivity index (χ0n) is 11.6. The number of carbonyl (C=O) groups excluding carboxylic acids is 2. The van der Waals surface area contributed by atoms with Crippen LogP contribution < -0.4 is 5.73 Å². The Kier molecular flexibility index (Phi) is 13.9. The molecule has 0 aromatic rings. The maximum atomic E-state index is 10.7. The summed E-state index contributed by atoms with van der Waals surface area (Å²) in [4.78, 5) is 20.9. The van der Waals surface area contributed by atoms with Crippen LogP contribution in [0.4, 0.5) is 0 Å². The van der Waals surface area contributed by atoms with Crippen LogP contribution in [0.2, 0.25) is 0 Å². The van der Waals surface area contributed by atoms with E-state index in [9.17, 15) is 9.59 Å². The molecule has 3 heteroatoms. The first-order valence-electron chi connectivity index (χ1n) is 6.48. The van der Waals surface area contributed by atoms with Crippen molar-refractivity contribution < 1.29 is 9.59 Å². The minimum atomic E-state index is -0.383. The third-order valence-corrected chi connectivity index (χ3v) is 2.35. The van der Waals surface area contributed by atoms with Crippen molar-refractivity contribution in [3.63, 3.8) is 0 Å². The molecule has 0 saturated heterocycles. The minimum absolute atomic E-state index is 0.383. The van der Waals surface area contributed by atoms with Crippen LogP contribution in [-0.4, -0.2) is 11.7 Å². The number of carbonyl (C=O) groups is 2. The van der Waals surface area contributed by atoms with Crippen LogP contribution in [0.1, 0.15) is 65.7 Å². The fourth-order valence-corrected chi connectivity index (χ4v) is 1.17. The zero-order chi connectivity index (χ0) is 13.7. The number of hydrogen-bond acceptors (Lipinski definition) is 2. The Morgan fingerprint density at radius 3 is 1.88 bits per heavy atom. The van der Waals surface area contributed by atoms with Crippen LogP contribution >= 0.6 is 0 Å². The molecule has 0 atom stereocenters. The highest BCUT2D eigenvalue weighted by molar-refractivity contribution is 5.91. The Morgan fingerprint density at radius 2 is 1.59 bits per heavy atom. The highest BCUT2D eigenvalue weighted by Crippen LogP contribution is 2.00. The summed E-state index contributed by atoms with van der Waals surface area (Å²) >= 11 is 0. The van der Waals surface area contributed by atoms with Gasteiger partial charge < -0.3 is 5.73 Å². The molecule has 0 radical (unpaired) electrons. The molecule has 0 fully saturated rings. The summed E-state index contributed by atoms with van der Waals surface area (Å²) in [5.74, 6) is 0.0234. The number of Topliss-reactive ketones (excluding diaryl/α,β-unsaturated/α-hetero) is 1. The highest BCUT2D eigenvalue weighted by Gasteiger charge is 1.96. The summed E-state index contributed by atoms with van der Waals surface area (Å²) < 4.78 is 0. The lowest BCUT2D eigenvalue weighted by Gasteiger charge is -1.93. The lowest BCUT2D eigenvalue weighted by Crippen LogP contribution is -2.12. The Bertz CT molecular complexity index is 234. The van der Waals surface area contributed by atoms with Crippen LogP contribution in [-0.2, 0) is 9.59 Å². The van der Waals surface area contributed by atoms with Gasteiger partial charge in [-0.3, -0.25) is 9.59 Å². The number of ketones is 1. The summed E-state index contributed by atoms with van der Waals surface area (Å²) in [5.41, 5.74) is 5.40. The van der Waals surface area contributed by atoms with Crippen LogP contribution in [0, 0.1) is 0 Å². The van der Waals surface area contributed by atoms with Gasteiger partial charge >= 0.3 is 0 Å². The summed E-state index contributed by atoms with van der Waals surface area (Å²) in [7, 11) is 0. The molecule has 0 aromatic carbocycles. The summed E-state index contributed by atoms with van der Waals surface area (Å²) in [6, 6.07) is 0. The lowest BCUT2D eigenvalue weighted by atomic mass is 10.1. The highest BCUT2D eigenvalue weighted by atomic mass is 16.1. The van der Waals surface area contributed by atoms with E-state index in [0.717, 1.165) is 25.7 Å². The monoisotopic (exact) mass is 241 g/mol. The molecule has 0 rings (SSSR count). The molecule has 0 unspecified atom stereocenters. The second kappa shape index (κ2) is 12.9. The van der Waals surface area contributed by atoms with Gasteiger partial charge in [0.2, 0.25) is 5.91 Å². The fraction of sp³-hybridized carbons (Fsp3) is 0.714. The molecule has 0 aliphatic heterocycles. The van der Waals surface area contributed by atoms with Crippen molar-refractivity contribution in [3.05, 3.63) is 12.2 Å². The third kappa shape index (κ3) is 14.9. The van der Waals surface area contributed by atoms with Crippen LogP contribution in [0.5, 0.6) is 0 Å². The first-order valence-corrected chi connectivity index (χ1v) is 6.48. The van der Waals surface area contributed by atoms with Crippen molar-refractivity contribution in [3.8, 4) is 0 Å². The van der Waals surface area contributed by atoms with Crippen molar-refractivity contribution in [2.24, 2.45) is 5.73 Å². The molecule has 17 heavy (non-hydrogen) atoms. The van der Waals surface area contributed by atoms with Crippen LogP contribution in [0.25, 0.3) is 0 Å². The molecule has 2 N–H and O–H groups in total. The molecule has 0 spiro atoms. The number of hydrogen-bond donors (Lipinski definition) is 1. The Hall–Kier alpha value is -1.12. The van der Waals surface area contributed by atoms with Gasteiger partial charge in [-0.25, -0.2) is 0 Å². The molecule has 100 valence electrons. The molecule has 0 heterocycles. The van der Waals surface area contributed by atoms with E-state index >= 15 is 0 Å². The van der Waals surface area contributed by atoms with Crippen molar-refractivity contribution >= 4 is 11.7 Å². The molecule has 0 aromatic heterocycles. The van der Waals surface area contributed by atoms with E-state index in [4.69, 9.17) is 5.73 Å². The number of unbranched alkanes of at least 4 members (excludes halogenated alkanes) is 2. The standard InChI is InChI=1S/C8H16O.C6H11NO/c1-3-5-6-7-8(9)4-2;1-3-4-5(2)6(7)8/h3-7H2,1-2H3;2-4H2,1H3,(H2,7,8). The molecule has 0 bridgehead atoms. The molecule has 0 aliphatic carbocycles. The van der Waals surface area contributed by atoms with Crippen LogP contribution in [0.15, 0.2) is 12.2 Å². The van der Waals surface area contributed by atoms with Gasteiger partial charge in [-0.1, -0.05) is 46.6 Å². The first-order chi connectivity index (χ1) is 7.99. The predicted octanol–water partition coefficient (Wildman–Crippen LogP) is 3.37. The second-order valence-corrected chi connectivity index (χ2v) is 4.07. The Balaban J connectivity index is 0. The summed E-state index contributed by atoms with van der Waals surface area (Å²) in [5, 5.41) is 0. The van der Waals surface area contributed by atoms with Crippen molar-refractivity contribution in [2.45, 2.75) is 65.7 Å². The molecule has 0 saturated carbocycles. The van der Waals surface area contributed by atoms with Gasteiger partial charge in [-0.15, -0.1) is 0 Å². The fourth-order valence-electron chi connectivity index (χ4n) is 1.17. The Labute approximate surface area is 105 Å². The van der Waals surface area contributed by atoms with E-state index in [0.29, 0.717) is 17.8 Å². The van der Waals surface area contributed by atoms with Gasteiger partial charge in [-0.2, -0.15) is 0 Å². The summed E-state index contributed by atoms with van der Waals surface area (Å²) in [6.07, 6.45) is 6.65. The van der Waals surface area contributed by atoms with Crippen molar-refractivity contribution in [2.75, 3.05) is 0 Å². The van der Waals surface area contributed by atoms with Gasteiger partial charge in [0.15, 0.2) is 0 Å². The second-order valence-electron chi connectivity index (χ2n) is 4.07. The van der Waals surface area contributed by atoms with Crippen molar-refractivity contribution in [1.82, 2.24) is 0 Å². The minimum Gasteiger partial charge on any atom is -0.366 e. The SMILES string of the molecule is C=C(CCC)C(N)=O.CCCCCC(=O)CC. The largest absolute Gasteiger partial charge is 0.366 e. The predicted molar refractivity (Wildman–Crippen MR) is 72.7 cm³/mol. The van der Waals surface area contributed by atoms with Gasteiger partial charge in [0.1, 0.15) is 5.78 Å². The number of primary amides is 1. The zero-order valence-corrected chi connectivity index (χ0v) is 11.6. The molecule has 1 amide bonds. The van der Waals surface area contributed by atoms with Gasteiger partial charge in [0, 0.05) is 18.4 Å². The molecular weight excluding hydrogens is 214 g/mol. The van der Waals surface area contributed by atoms with E-state index in [1.807, 2.05) is 13.8 Å². The number of rotatable bonds is 8. The Morgan fingerprint density at radius 1 is 1.00 bits per heavy atom.